The zero-order chi connectivity index (χ0) is 13.4. The standard InChI is InChI=1S/C13H16ClN5/c1-8-3-2-4-12(8)19-13(16-17-18-19)9-5-6-11(15)10(14)7-9/h5-8,12H,2-4,15H2,1H3. The first-order valence-electron chi connectivity index (χ1n) is 6.50. The van der Waals surface area contributed by atoms with Gasteiger partial charge >= 0.3 is 0 Å². The van der Waals surface area contributed by atoms with Gasteiger partial charge in [0.05, 0.1) is 16.8 Å². The molecule has 0 amide bonds. The fraction of sp³-hybridized carbons (Fsp3) is 0.462. The highest BCUT2D eigenvalue weighted by molar-refractivity contribution is 6.33. The second kappa shape index (κ2) is 4.81. The lowest BCUT2D eigenvalue weighted by atomic mass is 10.1. The van der Waals surface area contributed by atoms with Crippen molar-refractivity contribution in [1.82, 2.24) is 20.2 Å². The number of halogens is 1. The molecule has 2 aromatic rings. The van der Waals surface area contributed by atoms with Gasteiger partial charge in [-0.2, -0.15) is 0 Å². The molecule has 0 aliphatic heterocycles. The van der Waals surface area contributed by atoms with Crippen LogP contribution in [0.5, 0.6) is 0 Å². The molecule has 1 saturated carbocycles. The van der Waals surface area contributed by atoms with E-state index in [4.69, 9.17) is 17.3 Å². The molecule has 0 saturated heterocycles. The normalized spacial score (nSPS) is 22.8. The number of aromatic nitrogens is 4. The van der Waals surface area contributed by atoms with Crippen LogP contribution in [0, 0.1) is 5.92 Å². The fourth-order valence-electron chi connectivity index (χ4n) is 2.76. The Hall–Kier alpha value is -1.62. The van der Waals surface area contributed by atoms with Crippen LogP contribution in [-0.2, 0) is 0 Å². The molecule has 3 rings (SSSR count). The number of hydrogen-bond donors (Lipinski definition) is 1. The number of nitrogens with zero attached hydrogens (tertiary/aromatic N) is 4. The summed E-state index contributed by atoms with van der Waals surface area (Å²) in [6.07, 6.45) is 3.59. The molecule has 0 bridgehead atoms. The van der Waals surface area contributed by atoms with Gasteiger partial charge in [0.25, 0.3) is 0 Å². The van der Waals surface area contributed by atoms with Gasteiger partial charge < -0.3 is 5.73 Å². The molecule has 6 heteroatoms. The molecule has 5 nitrogen and oxygen atoms in total. The van der Waals surface area contributed by atoms with E-state index in [1.54, 1.807) is 6.07 Å². The minimum Gasteiger partial charge on any atom is -0.398 e. The van der Waals surface area contributed by atoms with Crippen molar-refractivity contribution in [2.45, 2.75) is 32.2 Å². The maximum absolute atomic E-state index is 6.07. The number of nitrogen functional groups attached to an aromatic ring is 1. The molecule has 1 aliphatic carbocycles. The van der Waals surface area contributed by atoms with Crippen molar-refractivity contribution in [3.8, 4) is 11.4 Å². The summed E-state index contributed by atoms with van der Waals surface area (Å²) in [5.74, 6) is 1.37. The lowest BCUT2D eigenvalue weighted by molar-refractivity contribution is 0.370. The molecule has 2 unspecified atom stereocenters. The lowest BCUT2D eigenvalue weighted by Crippen LogP contribution is -2.14. The number of tetrazole rings is 1. The van der Waals surface area contributed by atoms with E-state index in [-0.39, 0.29) is 0 Å². The minimum absolute atomic E-state index is 0.376. The number of nitrogens with two attached hydrogens (primary N) is 1. The van der Waals surface area contributed by atoms with Crippen molar-refractivity contribution >= 4 is 17.3 Å². The quantitative estimate of drug-likeness (QED) is 0.857. The first kappa shape index (κ1) is 12.4. The van der Waals surface area contributed by atoms with E-state index in [0.717, 1.165) is 17.8 Å². The number of rotatable bonds is 2. The van der Waals surface area contributed by atoms with Gasteiger partial charge in [-0.3, -0.25) is 0 Å². The average Bonchev–Trinajstić information content (AvgIpc) is 3.00. The molecule has 100 valence electrons. The molecule has 0 radical (unpaired) electrons. The summed E-state index contributed by atoms with van der Waals surface area (Å²) in [7, 11) is 0. The van der Waals surface area contributed by atoms with Crippen LogP contribution in [-0.4, -0.2) is 20.2 Å². The Morgan fingerprint density at radius 1 is 1.37 bits per heavy atom. The number of benzene rings is 1. The highest BCUT2D eigenvalue weighted by atomic mass is 35.5. The minimum atomic E-state index is 0.376. The Labute approximate surface area is 116 Å². The highest BCUT2D eigenvalue weighted by Crippen LogP contribution is 2.37. The highest BCUT2D eigenvalue weighted by Gasteiger charge is 2.28. The maximum atomic E-state index is 6.07. The summed E-state index contributed by atoms with van der Waals surface area (Å²) in [6.45, 7) is 2.25. The van der Waals surface area contributed by atoms with Crippen LogP contribution < -0.4 is 5.73 Å². The Balaban J connectivity index is 2.01. The van der Waals surface area contributed by atoms with E-state index in [9.17, 15) is 0 Å². The molecular weight excluding hydrogens is 262 g/mol. The first-order valence-corrected chi connectivity index (χ1v) is 6.88. The van der Waals surface area contributed by atoms with Crippen LogP contribution in [0.4, 0.5) is 5.69 Å². The van der Waals surface area contributed by atoms with Gasteiger partial charge in [-0.25, -0.2) is 4.68 Å². The maximum Gasteiger partial charge on any atom is 0.182 e. The van der Waals surface area contributed by atoms with Crippen LogP contribution in [0.15, 0.2) is 18.2 Å². The summed E-state index contributed by atoms with van der Waals surface area (Å²) in [4.78, 5) is 0. The van der Waals surface area contributed by atoms with Crippen LogP contribution in [0.25, 0.3) is 11.4 Å². The molecule has 1 aromatic heterocycles. The van der Waals surface area contributed by atoms with Gasteiger partial charge in [-0.1, -0.05) is 24.9 Å². The Bertz CT molecular complexity index is 594. The topological polar surface area (TPSA) is 69.6 Å². The van der Waals surface area contributed by atoms with Crippen LogP contribution in [0.2, 0.25) is 5.02 Å². The zero-order valence-corrected chi connectivity index (χ0v) is 11.5. The Morgan fingerprint density at radius 2 is 2.21 bits per heavy atom. The average molecular weight is 278 g/mol. The van der Waals surface area contributed by atoms with Crippen LogP contribution in [0.3, 0.4) is 0 Å². The Morgan fingerprint density at radius 3 is 2.89 bits per heavy atom. The van der Waals surface area contributed by atoms with E-state index in [1.807, 2.05) is 16.8 Å². The third kappa shape index (κ3) is 2.18. The molecular formula is C13H16ClN5. The van der Waals surface area contributed by atoms with Gasteiger partial charge in [0.15, 0.2) is 5.82 Å². The zero-order valence-electron chi connectivity index (χ0n) is 10.8. The summed E-state index contributed by atoms with van der Waals surface area (Å²) in [6, 6.07) is 5.89. The van der Waals surface area contributed by atoms with Crippen molar-refractivity contribution in [3.63, 3.8) is 0 Å². The molecule has 1 fully saturated rings. The van der Waals surface area contributed by atoms with Gasteiger partial charge in [0.2, 0.25) is 0 Å². The van der Waals surface area contributed by atoms with Crippen molar-refractivity contribution in [2.24, 2.45) is 5.92 Å². The summed E-state index contributed by atoms with van der Waals surface area (Å²) < 4.78 is 1.93. The molecule has 0 spiro atoms. The fourth-order valence-corrected chi connectivity index (χ4v) is 2.94. The SMILES string of the molecule is CC1CCCC1n1nnnc1-c1ccc(N)c(Cl)c1. The first-order chi connectivity index (χ1) is 9.16. The number of hydrogen-bond acceptors (Lipinski definition) is 4. The van der Waals surface area contributed by atoms with E-state index >= 15 is 0 Å². The number of anilines is 1. The van der Waals surface area contributed by atoms with Crippen molar-refractivity contribution in [2.75, 3.05) is 5.73 Å². The van der Waals surface area contributed by atoms with Gasteiger partial charge in [0.1, 0.15) is 0 Å². The third-order valence-corrected chi connectivity index (χ3v) is 4.21. The molecule has 1 aromatic carbocycles. The molecule has 1 heterocycles. The predicted molar refractivity (Wildman–Crippen MR) is 74.7 cm³/mol. The summed E-state index contributed by atoms with van der Waals surface area (Å²) >= 11 is 6.07. The monoisotopic (exact) mass is 277 g/mol. The molecule has 2 atom stereocenters. The van der Waals surface area contributed by atoms with Gasteiger partial charge in [-0.15, -0.1) is 5.10 Å². The molecule has 2 N–H and O–H groups in total. The van der Waals surface area contributed by atoms with Crippen LogP contribution in [0.1, 0.15) is 32.2 Å². The van der Waals surface area contributed by atoms with Crippen molar-refractivity contribution < 1.29 is 0 Å². The van der Waals surface area contributed by atoms with Crippen molar-refractivity contribution in [3.05, 3.63) is 23.2 Å². The van der Waals surface area contributed by atoms with E-state index in [0.29, 0.717) is 22.7 Å². The molecule has 19 heavy (non-hydrogen) atoms. The lowest BCUT2D eigenvalue weighted by Gasteiger charge is -2.16. The largest absolute Gasteiger partial charge is 0.398 e. The smallest absolute Gasteiger partial charge is 0.182 e. The van der Waals surface area contributed by atoms with E-state index in [1.165, 1.54) is 12.8 Å². The summed E-state index contributed by atoms with van der Waals surface area (Å²) in [5, 5.41) is 12.6. The molecule has 1 aliphatic rings. The van der Waals surface area contributed by atoms with E-state index < -0.39 is 0 Å². The van der Waals surface area contributed by atoms with Gasteiger partial charge in [0, 0.05) is 5.56 Å². The van der Waals surface area contributed by atoms with Gasteiger partial charge in [-0.05, 0) is 47.4 Å². The second-order valence-corrected chi connectivity index (χ2v) is 5.57. The van der Waals surface area contributed by atoms with Crippen LogP contribution >= 0.6 is 11.6 Å². The third-order valence-electron chi connectivity index (χ3n) is 3.88. The predicted octanol–water partition coefficient (Wildman–Crippen LogP) is 2.94. The van der Waals surface area contributed by atoms with E-state index in [2.05, 4.69) is 22.4 Å². The summed E-state index contributed by atoms with van der Waals surface area (Å²) in [5.41, 5.74) is 7.21. The Kier molecular flexibility index (Phi) is 3.14. The van der Waals surface area contributed by atoms with Crippen molar-refractivity contribution in [1.29, 1.82) is 0 Å². The second-order valence-electron chi connectivity index (χ2n) is 5.16.